The Morgan fingerprint density at radius 1 is 0.857 bits per heavy atom. The Morgan fingerprint density at radius 2 is 1.39 bits per heavy atom. The summed E-state index contributed by atoms with van der Waals surface area (Å²) >= 11 is 8.82. The molecule has 0 heterocycles. The lowest BCUT2D eigenvalue weighted by Crippen LogP contribution is -2.06. The van der Waals surface area contributed by atoms with Crippen molar-refractivity contribution in [3.8, 4) is 12.1 Å². The molecular formula is C20H12Br2N2O2S2. The number of Topliss-reactive ketones (excluding diaryl/α,β-unsaturated/α-hetero) is 2. The third kappa shape index (κ3) is 6.35. The first-order valence-corrected chi connectivity index (χ1v) is 11.4. The van der Waals surface area contributed by atoms with Gasteiger partial charge in [0, 0.05) is 20.1 Å². The van der Waals surface area contributed by atoms with Crippen molar-refractivity contribution in [2.75, 3.05) is 11.5 Å². The van der Waals surface area contributed by atoms with Crippen LogP contribution in [0.25, 0.3) is 0 Å². The standard InChI is InChI=1S/C20H12Br2N2O2S2/c21-15-5-1-13(2-6-15)18(25)12-28-20(27-10-9-23)17(11-24)19(26)14-3-7-16(22)8-4-14/h1-8H,10,12H2. The summed E-state index contributed by atoms with van der Waals surface area (Å²) in [4.78, 5) is 25.2. The maximum absolute atomic E-state index is 12.7. The highest BCUT2D eigenvalue weighted by atomic mass is 79.9. The van der Waals surface area contributed by atoms with Gasteiger partial charge < -0.3 is 0 Å². The van der Waals surface area contributed by atoms with Crippen LogP contribution in [0.15, 0.2) is 67.3 Å². The lowest BCUT2D eigenvalue weighted by atomic mass is 10.1. The SMILES string of the molecule is N#CCSC(SCC(=O)c1ccc(Br)cc1)=C(C#N)C(=O)c1ccc(Br)cc1. The largest absolute Gasteiger partial charge is 0.293 e. The smallest absolute Gasteiger partial charge is 0.205 e. The van der Waals surface area contributed by atoms with E-state index in [-0.39, 0.29) is 22.9 Å². The minimum atomic E-state index is -0.431. The van der Waals surface area contributed by atoms with Gasteiger partial charge >= 0.3 is 0 Å². The number of nitrogens with zero attached hydrogens (tertiary/aromatic N) is 2. The van der Waals surface area contributed by atoms with Crippen molar-refractivity contribution >= 4 is 67.0 Å². The number of allylic oxidation sites excluding steroid dienone is 1. The minimum absolute atomic E-state index is 0.0591. The van der Waals surface area contributed by atoms with Crippen molar-refractivity contribution in [1.82, 2.24) is 0 Å². The predicted molar refractivity (Wildman–Crippen MR) is 120 cm³/mol. The summed E-state index contributed by atoms with van der Waals surface area (Å²) in [5, 5.41) is 18.4. The van der Waals surface area contributed by atoms with Gasteiger partial charge in [0.1, 0.15) is 11.6 Å². The van der Waals surface area contributed by atoms with Gasteiger partial charge in [-0.1, -0.05) is 44.0 Å². The molecule has 0 unspecified atom stereocenters. The van der Waals surface area contributed by atoms with Crippen LogP contribution in [0, 0.1) is 22.7 Å². The average Bonchev–Trinajstić information content (AvgIpc) is 2.70. The zero-order valence-corrected chi connectivity index (χ0v) is 19.1. The van der Waals surface area contributed by atoms with E-state index >= 15 is 0 Å². The van der Waals surface area contributed by atoms with Crippen molar-refractivity contribution < 1.29 is 9.59 Å². The van der Waals surface area contributed by atoms with Crippen LogP contribution in [-0.4, -0.2) is 23.1 Å². The van der Waals surface area contributed by atoms with Gasteiger partial charge in [-0.25, -0.2) is 0 Å². The zero-order valence-electron chi connectivity index (χ0n) is 14.3. The number of ketones is 2. The Labute approximate surface area is 188 Å². The molecule has 0 aliphatic heterocycles. The molecule has 0 amide bonds. The molecule has 2 aromatic rings. The van der Waals surface area contributed by atoms with Crippen LogP contribution in [0.3, 0.4) is 0 Å². The molecule has 28 heavy (non-hydrogen) atoms. The molecule has 4 nitrogen and oxygen atoms in total. The Kier molecular flexibility index (Phi) is 9.01. The normalized spacial score (nSPS) is 11.1. The second-order valence-corrected chi connectivity index (χ2v) is 9.34. The third-order valence-corrected chi connectivity index (χ3v) is 6.79. The Morgan fingerprint density at radius 3 is 1.89 bits per heavy atom. The fourth-order valence-corrected chi connectivity index (χ4v) is 4.47. The molecule has 0 radical (unpaired) electrons. The number of thioether (sulfide) groups is 2. The molecule has 8 heteroatoms. The third-order valence-electron chi connectivity index (χ3n) is 3.42. The summed E-state index contributed by atoms with van der Waals surface area (Å²) in [7, 11) is 0. The first kappa shape index (κ1) is 22.4. The summed E-state index contributed by atoms with van der Waals surface area (Å²) in [6.07, 6.45) is 0. The number of benzene rings is 2. The minimum Gasteiger partial charge on any atom is -0.293 e. The van der Waals surface area contributed by atoms with Crippen LogP contribution in [-0.2, 0) is 0 Å². The summed E-state index contributed by atoms with van der Waals surface area (Å²) < 4.78 is 2.07. The molecule has 0 bridgehead atoms. The molecule has 2 rings (SSSR count). The van der Waals surface area contributed by atoms with E-state index in [0.717, 1.165) is 32.5 Å². The van der Waals surface area contributed by atoms with E-state index in [1.807, 2.05) is 12.1 Å². The lowest BCUT2D eigenvalue weighted by molar-refractivity contribution is 0.101. The van der Waals surface area contributed by atoms with E-state index in [0.29, 0.717) is 15.4 Å². The van der Waals surface area contributed by atoms with Gasteiger partial charge in [0.15, 0.2) is 5.78 Å². The molecule has 0 aliphatic rings. The average molecular weight is 536 g/mol. The van der Waals surface area contributed by atoms with Crippen molar-refractivity contribution in [2.45, 2.75) is 0 Å². The molecule has 2 aromatic carbocycles. The molecule has 0 fully saturated rings. The molecule has 0 atom stereocenters. The highest BCUT2D eigenvalue weighted by molar-refractivity contribution is 9.10. The van der Waals surface area contributed by atoms with Gasteiger partial charge in [-0.15, -0.1) is 23.5 Å². The van der Waals surface area contributed by atoms with Crippen LogP contribution >= 0.6 is 55.4 Å². The first-order chi connectivity index (χ1) is 13.5. The van der Waals surface area contributed by atoms with Crippen LogP contribution in [0.2, 0.25) is 0 Å². The molecule has 140 valence electrons. The molecule has 0 aliphatic carbocycles. The van der Waals surface area contributed by atoms with E-state index in [2.05, 4.69) is 31.9 Å². The van der Waals surface area contributed by atoms with Crippen molar-refractivity contribution in [2.24, 2.45) is 0 Å². The second-order valence-electron chi connectivity index (χ2n) is 5.28. The highest BCUT2D eigenvalue weighted by Crippen LogP contribution is 2.33. The number of halogens is 2. The molecule has 0 aromatic heterocycles. The maximum Gasteiger partial charge on any atom is 0.205 e. The van der Waals surface area contributed by atoms with Crippen LogP contribution < -0.4 is 0 Å². The van der Waals surface area contributed by atoms with E-state index in [9.17, 15) is 14.9 Å². The highest BCUT2D eigenvalue weighted by Gasteiger charge is 2.19. The van der Waals surface area contributed by atoms with Gasteiger partial charge in [-0.2, -0.15) is 10.5 Å². The fraction of sp³-hybridized carbons (Fsp3) is 0.100. The van der Waals surface area contributed by atoms with Crippen molar-refractivity contribution in [3.05, 3.63) is 78.4 Å². The molecule has 0 saturated carbocycles. The van der Waals surface area contributed by atoms with Gasteiger partial charge in [0.2, 0.25) is 5.78 Å². The second kappa shape index (κ2) is 11.2. The monoisotopic (exact) mass is 534 g/mol. The summed E-state index contributed by atoms with van der Waals surface area (Å²) in [5.41, 5.74) is 0.851. The fourth-order valence-electron chi connectivity index (χ4n) is 2.07. The van der Waals surface area contributed by atoms with Crippen LogP contribution in [0.4, 0.5) is 0 Å². The number of carbonyl (C=O) groups excluding carboxylic acids is 2. The van der Waals surface area contributed by atoms with Crippen molar-refractivity contribution in [1.29, 1.82) is 10.5 Å². The lowest BCUT2D eigenvalue weighted by Gasteiger charge is -2.08. The van der Waals surface area contributed by atoms with E-state index in [1.165, 1.54) is 0 Å². The number of nitriles is 2. The van der Waals surface area contributed by atoms with Gasteiger partial charge in [-0.05, 0) is 36.4 Å². The molecular weight excluding hydrogens is 524 g/mol. The van der Waals surface area contributed by atoms with Crippen molar-refractivity contribution in [3.63, 3.8) is 0 Å². The number of hydrogen-bond acceptors (Lipinski definition) is 6. The number of rotatable bonds is 8. The topological polar surface area (TPSA) is 81.7 Å². The molecule has 0 saturated heterocycles. The van der Waals surface area contributed by atoms with Gasteiger partial charge in [0.05, 0.1) is 21.8 Å². The number of hydrogen-bond donors (Lipinski definition) is 0. The summed E-state index contributed by atoms with van der Waals surface area (Å²) in [5.74, 6) is -0.415. The predicted octanol–water partition coefficient (Wildman–Crippen LogP) is 6.00. The maximum atomic E-state index is 12.7. The van der Waals surface area contributed by atoms with Gasteiger partial charge in [0.25, 0.3) is 0 Å². The Bertz CT molecular complexity index is 989. The molecule has 0 N–H and O–H groups in total. The first-order valence-electron chi connectivity index (χ1n) is 7.82. The zero-order chi connectivity index (χ0) is 20.5. The van der Waals surface area contributed by atoms with Crippen LogP contribution in [0.5, 0.6) is 0 Å². The van der Waals surface area contributed by atoms with Crippen LogP contribution in [0.1, 0.15) is 20.7 Å². The number of carbonyl (C=O) groups is 2. The van der Waals surface area contributed by atoms with E-state index in [4.69, 9.17) is 5.26 Å². The van der Waals surface area contributed by atoms with Gasteiger partial charge in [-0.3, -0.25) is 9.59 Å². The molecule has 0 spiro atoms. The Hall–Kier alpha value is -1.84. The Balaban J connectivity index is 2.25. The van der Waals surface area contributed by atoms with E-state index in [1.54, 1.807) is 48.5 Å². The quantitative estimate of drug-likeness (QED) is 0.234. The summed E-state index contributed by atoms with van der Waals surface area (Å²) in [6.45, 7) is 0. The summed E-state index contributed by atoms with van der Waals surface area (Å²) in [6, 6.07) is 17.6. The van der Waals surface area contributed by atoms with E-state index < -0.39 is 5.78 Å².